The van der Waals surface area contributed by atoms with E-state index in [0.29, 0.717) is 11.6 Å². The molecule has 0 saturated heterocycles. The topological polar surface area (TPSA) is 120 Å². The molecule has 2 N–H and O–H groups in total. The molecule has 0 aliphatic carbocycles. The largest absolute Gasteiger partial charge is 0.872 e. The van der Waals surface area contributed by atoms with Gasteiger partial charge in [-0.2, -0.15) is 0 Å². The molecule has 0 aliphatic rings. The van der Waals surface area contributed by atoms with E-state index in [4.69, 9.17) is 16.0 Å². The zero-order chi connectivity index (χ0) is 16.7. The van der Waals surface area contributed by atoms with Crippen molar-refractivity contribution in [2.24, 2.45) is 0 Å². The number of halogens is 1. The van der Waals surface area contributed by atoms with Gasteiger partial charge in [0, 0.05) is 11.6 Å². The van der Waals surface area contributed by atoms with E-state index in [0.717, 1.165) is 6.07 Å². The highest BCUT2D eigenvalue weighted by Crippen LogP contribution is 2.38. The predicted octanol–water partition coefficient (Wildman–Crippen LogP) is 1.85. The minimum atomic E-state index is -0.994. The minimum absolute atomic E-state index is 0.0128. The Morgan fingerprint density at radius 1 is 1.09 bits per heavy atom. The smallest absolute Gasteiger partial charge is 0.192 e. The lowest BCUT2D eigenvalue weighted by atomic mass is 10.1. The van der Waals surface area contributed by atoms with Gasteiger partial charge >= 0.3 is 0 Å². The van der Waals surface area contributed by atoms with Crippen molar-refractivity contribution in [3.05, 3.63) is 51.6 Å². The molecule has 0 bridgehead atoms. The molecule has 7 nitrogen and oxygen atoms in total. The van der Waals surface area contributed by atoms with Crippen LogP contribution in [0, 0.1) is 0 Å². The SMILES string of the molecule is O=c1cc(-c2ccccc2Cl)oc2c(N(O)O)c([O-])cc([O-])c12. The van der Waals surface area contributed by atoms with Gasteiger partial charge in [0.2, 0.25) is 0 Å². The average molecular weight is 334 g/mol. The molecule has 0 saturated carbocycles. The molecule has 0 spiro atoms. The van der Waals surface area contributed by atoms with Crippen LogP contribution in [0.1, 0.15) is 0 Å². The van der Waals surface area contributed by atoms with Gasteiger partial charge in [-0.05, 0) is 12.1 Å². The first-order valence-corrected chi connectivity index (χ1v) is 6.69. The van der Waals surface area contributed by atoms with Gasteiger partial charge in [-0.15, -0.1) is 5.23 Å². The number of hydrogen-bond donors (Lipinski definition) is 2. The van der Waals surface area contributed by atoms with Crippen molar-refractivity contribution in [1.29, 1.82) is 0 Å². The van der Waals surface area contributed by atoms with Crippen molar-refractivity contribution in [3.63, 3.8) is 0 Å². The van der Waals surface area contributed by atoms with Crippen LogP contribution >= 0.6 is 11.6 Å². The first kappa shape index (κ1) is 15.2. The Balaban J connectivity index is 2.44. The second kappa shape index (κ2) is 5.47. The van der Waals surface area contributed by atoms with Gasteiger partial charge in [0.1, 0.15) is 11.4 Å². The summed E-state index contributed by atoms with van der Waals surface area (Å²) in [5.41, 5.74) is -1.62. The minimum Gasteiger partial charge on any atom is -0.872 e. The third-order valence-electron chi connectivity index (χ3n) is 3.24. The molecule has 0 fully saturated rings. The highest BCUT2D eigenvalue weighted by molar-refractivity contribution is 6.33. The molecule has 1 heterocycles. The zero-order valence-corrected chi connectivity index (χ0v) is 12.1. The number of nitrogens with zero attached hydrogens (tertiary/aromatic N) is 1. The fourth-order valence-electron chi connectivity index (χ4n) is 2.25. The summed E-state index contributed by atoms with van der Waals surface area (Å²) in [7, 11) is 0. The van der Waals surface area contributed by atoms with E-state index in [-0.39, 0.29) is 10.8 Å². The van der Waals surface area contributed by atoms with E-state index in [1.807, 2.05) is 0 Å². The summed E-state index contributed by atoms with van der Waals surface area (Å²) in [6.07, 6.45) is 0. The Kier molecular flexibility index (Phi) is 3.61. The Bertz CT molecular complexity index is 966. The first-order chi connectivity index (χ1) is 10.9. The molecule has 23 heavy (non-hydrogen) atoms. The maximum Gasteiger partial charge on any atom is 0.192 e. The lowest BCUT2D eigenvalue weighted by Crippen LogP contribution is -2.16. The monoisotopic (exact) mass is 333 g/mol. The van der Waals surface area contributed by atoms with Crippen LogP contribution in [0.25, 0.3) is 22.3 Å². The average Bonchev–Trinajstić information content (AvgIpc) is 2.46. The van der Waals surface area contributed by atoms with Crippen molar-refractivity contribution in [3.8, 4) is 22.8 Å². The molecular formula is C15H8ClNO6-2. The van der Waals surface area contributed by atoms with Gasteiger partial charge in [-0.25, -0.2) is 0 Å². The molecule has 2 aromatic carbocycles. The molecule has 118 valence electrons. The lowest BCUT2D eigenvalue weighted by Gasteiger charge is -2.22. The number of anilines is 1. The Labute approximate surface area is 133 Å². The summed E-state index contributed by atoms with van der Waals surface area (Å²) < 4.78 is 5.42. The lowest BCUT2D eigenvalue weighted by molar-refractivity contribution is -0.278. The quantitative estimate of drug-likeness (QED) is 0.686. The van der Waals surface area contributed by atoms with E-state index < -0.39 is 38.8 Å². The van der Waals surface area contributed by atoms with Crippen LogP contribution in [-0.4, -0.2) is 10.4 Å². The zero-order valence-electron chi connectivity index (χ0n) is 11.3. The summed E-state index contributed by atoms with van der Waals surface area (Å²) in [4.78, 5) is 12.2. The number of benzene rings is 2. The second-order valence-electron chi connectivity index (χ2n) is 4.67. The molecular weight excluding hydrogens is 326 g/mol. The van der Waals surface area contributed by atoms with Gasteiger partial charge in [-0.1, -0.05) is 41.3 Å². The highest BCUT2D eigenvalue weighted by atomic mass is 35.5. The summed E-state index contributed by atoms with van der Waals surface area (Å²) in [5.74, 6) is -1.87. The molecule has 3 rings (SSSR count). The number of fused-ring (bicyclic) bond motifs is 1. The van der Waals surface area contributed by atoms with Crippen LogP contribution in [-0.2, 0) is 0 Å². The van der Waals surface area contributed by atoms with Gasteiger partial charge in [-0.3, -0.25) is 15.2 Å². The maximum absolute atomic E-state index is 12.2. The van der Waals surface area contributed by atoms with E-state index >= 15 is 0 Å². The van der Waals surface area contributed by atoms with Crippen LogP contribution < -0.4 is 20.9 Å². The van der Waals surface area contributed by atoms with E-state index in [1.165, 1.54) is 0 Å². The Hall–Kier alpha value is -2.74. The third-order valence-corrected chi connectivity index (χ3v) is 3.57. The first-order valence-electron chi connectivity index (χ1n) is 6.32. The molecule has 0 amide bonds. The molecule has 0 unspecified atom stereocenters. The summed E-state index contributed by atoms with van der Waals surface area (Å²) in [5, 5.41) is 41.4. The van der Waals surface area contributed by atoms with Crippen molar-refractivity contribution < 1.29 is 25.0 Å². The van der Waals surface area contributed by atoms with Crippen molar-refractivity contribution in [2.75, 3.05) is 5.23 Å². The number of hydrogen-bond acceptors (Lipinski definition) is 7. The van der Waals surface area contributed by atoms with Crippen molar-refractivity contribution in [2.45, 2.75) is 0 Å². The van der Waals surface area contributed by atoms with Crippen LogP contribution in [0.3, 0.4) is 0 Å². The van der Waals surface area contributed by atoms with Gasteiger partial charge in [0.25, 0.3) is 0 Å². The fourth-order valence-corrected chi connectivity index (χ4v) is 2.48. The van der Waals surface area contributed by atoms with Crippen LogP contribution in [0.15, 0.2) is 45.6 Å². The Morgan fingerprint density at radius 3 is 2.43 bits per heavy atom. The standard InChI is InChI=1S/C15H10ClNO6/c16-8-4-2-1-3-7(8)12-6-10(19)13-9(18)5-11(20)14(17(21)22)15(13)23-12/h1-6,18,20-22H/p-2. The summed E-state index contributed by atoms with van der Waals surface area (Å²) >= 11 is 6.03. The maximum atomic E-state index is 12.2. The van der Waals surface area contributed by atoms with Gasteiger partial charge in [0.05, 0.1) is 10.4 Å². The molecule has 8 heteroatoms. The molecule has 3 aromatic rings. The third kappa shape index (κ3) is 2.46. The fraction of sp³-hybridized carbons (Fsp3) is 0. The van der Waals surface area contributed by atoms with Gasteiger partial charge in [0.15, 0.2) is 11.0 Å². The molecule has 0 atom stereocenters. The normalized spacial score (nSPS) is 10.9. The number of rotatable bonds is 2. The molecule has 0 aliphatic heterocycles. The van der Waals surface area contributed by atoms with E-state index in [9.17, 15) is 25.4 Å². The Morgan fingerprint density at radius 2 is 1.78 bits per heavy atom. The summed E-state index contributed by atoms with van der Waals surface area (Å²) in [6, 6.07) is 8.10. The van der Waals surface area contributed by atoms with E-state index in [2.05, 4.69) is 0 Å². The molecule has 0 radical (unpaired) electrons. The van der Waals surface area contributed by atoms with Crippen LogP contribution in [0.4, 0.5) is 5.69 Å². The van der Waals surface area contributed by atoms with Crippen LogP contribution in [0.2, 0.25) is 5.02 Å². The summed E-state index contributed by atoms with van der Waals surface area (Å²) in [6.45, 7) is 0. The van der Waals surface area contributed by atoms with Crippen molar-refractivity contribution in [1.82, 2.24) is 0 Å². The molecule has 1 aromatic heterocycles. The van der Waals surface area contributed by atoms with Crippen LogP contribution in [0.5, 0.6) is 11.5 Å². The van der Waals surface area contributed by atoms with E-state index in [1.54, 1.807) is 24.3 Å². The second-order valence-corrected chi connectivity index (χ2v) is 5.08. The highest BCUT2D eigenvalue weighted by Gasteiger charge is 2.16. The predicted molar refractivity (Wildman–Crippen MR) is 77.9 cm³/mol. The van der Waals surface area contributed by atoms with Crippen molar-refractivity contribution >= 4 is 28.3 Å². The van der Waals surface area contributed by atoms with Gasteiger partial charge < -0.3 is 14.6 Å².